The van der Waals surface area contributed by atoms with Crippen LogP contribution >= 0.6 is 0 Å². The summed E-state index contributed by atoms with van der Waals surface area (Å²) in [6.07, 6.45) is 0.539. The molecule has 0 aliphatic heterocycles. The molecule has 0 fully saturated rings. The summed E-state index contributed by atoms with van der Waals surface area (Å²) in [5.74, 6) is -0.565. The first-order valence-electron chi connectivity index (χ1n) is 6.12. The van der Waals surface area contributed by atoms with Crippen LogP contribution in [-0.2, 0) is 9.53 Å². The quantitative estimate of drug-likeness (QED) is 0.434. The highest BCUT2D eigenvalue weighted by molar-refractivity contribution is 5.79. The number of amides is 1. The average molecular weight is 296 g/mol. The molecule has 0 spiro atoms. The van der Waals surface area contributed by atoms with Crippen LogP contribution in [0.25, 0.3) is 0 Å². The fourth-order valence-corrected chi connectivity index (χ4v) is 1.62. The van der Waals surface area contributed by atoms with Gasteiger partial charge in [0.15, 0.2) is 12.4 Å². The Morgan fingerprint density at radius 2 is 2.24 bits per heavy atom. The highest BCUT2D eigenvalue weighted by Gasteiger charge is 2.17. The van der Waals surface area contributed by atoms with E-state index in [9.17, 15) is 19.7 Å². The van der Waals surface area contributed by atoms with E-state index in [1.807, 2.05) is 0 Å². The van der Waals surface area contributed by atoms with E-state index >= 15 is 0 Å². The molecule has 8 heteroatoms. The van der Waals surface area contributed by atoms with Crippen molar-refractivity contribution in [2.75, 3.05) is 20.3 Å². The SMILES string of the molecule is COCC(C)NC(=O)COc1cc(C=O)ccc1[N+](=O)[O-]. The summed E-state index contributed by atoms with van der Waals surface area (Å²) in [5.41, 5.74) is -0.0814. The molecule has 0 heterocycles. The second kappa shape index (κ2) is 7.95. The van der Waals surface area contributed by atoms with Gasteiger partial charge in [-0.1, -0.05) is 0 Å². The average Bonchev–Trinajstić information content (AvgIpc) is 2.44. The second-order valence-electron chi connectivity index (χ2n) is 4.31. The molecule has 1 atom stereocenters. The normalized spacial score (nSPS) is 11.5. The molecule has 8 nitrogen and oxygen atoms in total. The Bertz CT molecular complexity index is 531. The first kappa shape index (κ1) is 16.6. The Morgan fingerprint density at radius 3 is 2.81 bits per heavy atom. The number of carbonyl (C=O) groups excluding carboxylic acids is 2. The van der Waals surface area contributed by atoms with Crippen molar-refractivity contribution in [1.29, 1.82) is 0 Å². The van der Waals surface area contributed by atoms with Crippen LogP contribution in [0.15, 0.2) is 18.2 Å². The van der Waals surface area contributed by atoms with Gasteiger partial charge in [-0.25, -0.2) is 0 Å². The van der Waals surface area contributed by atoms with Gasteiger partial charge in [-0.3, -0.25) is 19.7 Å². The van der Waals surface area contributed by atoms with Crippen molar-refractivity contribution in [3.8, 4) is 5.75 Å². The summed E-state index contributed by atoms with van der Waals surface area (Å²) in [4.78, 5) is 32.5. The maximum absolute atomic E-state index is 11.6. The Kier molecular flexibility index (Phi) is 6.28. The smallest absolute Gasteiger partial charge is 0.310 e. The summed E-state index contributed by atoms with van der Waals surface area (Å²) >= 11 is 0. The molecule has 1 N–H and O–H groups in total. The van der Waals surface area contributed by atoms with E-state index in [0.29, 0.717) is 12.9 Å². The molecule has 1 rings (SSSR count). The predicted octanol–water partition coefficient (Wildman–Crippen LogP) is 0.937. The Morgan fingerprint density at radius 1 is 1.52 bits per heavy atom. The zero-order chi connectivity index (χ0) is 15.8. The lowest BCUT2D eigenvalue weighted by Gasteiger charge is -2.13. The summed E-state index contributed by atoms with van der Waals surface area (Å²) in [5, 5.41) is 13.4. The summed E-state index contributed by atoms with van der Waals surface area (Å²) in [7, 11) is 1.51. The summed E-state index contributed by atoms with van der Waals surface area (Å²) in [6, 6.07) is 3.47. The first-order valence-corrected chi connectivity index (χ1v) is 6.12. The predicted molar refractivity (Wildman–Crippen MR) is 73.5 cm³/mol. The number of nitrogens with zero attached hydrogens (tertiary/aromatic N) is 1. The van der Waals surface area contributed by atoms with Gasteiger partial charge in [-0.2, -0.15) is 0 Å². The zero-order valence-electron chi connectivity index (χ0n) is 11.7. The van der Waals surface area contributed by atoms with E-state index in [-0.39, 0.29) is 23.0 Å². The van der Waals surface area contributed by atoms with Gasteiger partial charge < -0.3 is 14.8 Å². The molecule has 21 heavy (non-hydrogen) atoms. The summed E-state index contributed by atoms with van der Waals surface area (Å²) < 4.78 is 9.99. The van der Waals surface area contributed by atoms with Crippen molar-refractivity contribution >= 4 is 17.9 Å². The molecule has 114 valence electrons. The van der Waals surface area contributed by atoms with Crippen LogP contribution in [0.3, 0.4) is 0 Å². The van der Waals surface area contributed by atoms with E-state index in [4.69, 9.17) is 9.47 Å². The van der Waals surface area contributed by atoms with Crippen LogP contribution in [0.2, 0.25) is 0 Å². The van der Waals surface area contributed by atoms with E-state index in [2.05, 4.69) is 5.32 Å². The number of ether oxygens (including phenoxy) is 2. The van der Waals surface area contributed by atoms with Gasteiger partial charge in [0.1, 0.15) is 6.29 Å². The minimum atomic E-state index is -0.643. The van der Waals surface area contributed by atoms with Gasteiger partial charge in [0, 0.05) is 24.8 Å². The number of nitro benzene ring substituents is 1. The minimum absolute atomic E-state index is 0.126. The molecule has 1 unspecified atom stereocenters. The standard InChI is InChI=1S/C13H16N2O6/c1-9(7-20-2)14-13(17)8-21-12-5-10(6-16)3-4-11(12)15(18)19/h3-6,9H,7-8H2,1-2H3,(H,14,17). The monoisotopic (exact) mass is 296 g/mol. The minimum Gasteiger partial charge on any atom is -0.477 e. The first-order chi connectivity index (χ1) is 9.97. The Labute approximate surface area is 121 Å². The number of nitro groups is 1. The lowest BCUT2D eigenvalue weighted by atomic mass is 10.2. The molecule has 1 aromatic carbocycles. The molecule has 0 aliphatic carbocycles. The molecule has 0 bridgehead atoms. The van der Waals surface area contributed by atoms with Crippen LogP contribution in [-0.4, -0.2) is 43.5 Å². The van der Waals surface area contributed by atoms with Gasteiger partial charge in [-0.05, 0) is 19.1 Å². The van der Waals surface area contributed by atoms with E-state index in [1.54, 1.807) is 6.92 Å². The van der Waals surface area contributed by atoms with Crippen molar-refractivity contribution in [2.24, 2.45) is 0 Å². The maximum atomic E-state index is 11.6. The molecule has 0 saturated heterocycles. The number of aldehydes is 1. The lowest BCUT2D eigenvalue weighted by molar-refractivity contribution is -0.385. The van der Waals surface area contributed by atoms with Gasteiger partial charge in [0.2, 0.25) is 0 Å². The van der Waals surface area contributed by atoms with E-state index in [0.717, 1.165) is 6.07 Å². The molecular weight excluding hydrogens is 280 g/mol. The number of nitrogens with one attached hydrogen (secondary N) is 1. The third-order valence-electron chi connectivity index (χ3n) is 2.50. The van der Waals surface area contributed by atoms with Gasteiger partial charge in [0.05, 0.1) is 11.5 Å². The fraction of sp³-hybridized carbons (Fsp3) is 0.385. The van der Waals surface area contributed by atoms with Crippen LogP contribution in [0.1, 0.15) is 17.3 Å². The van der Waals surface area contributed by atoms with Crippen molar-refractivity contribution in [1.82, 2.24) is 5.32 Å². The lowest BCUT2D eigenvalue weighted by Crippen LogP contribution is -2.38. The Balaban J connectivity index is 2.71. The summed E-state index contributed by atoms with van der Waals surface area (Å²) in [6.45, 7) is 1.70. The molecule has 0 radical (unpaired) electrons. The van der Waals surface area contributed by atoms with Crippen LogP contribution < -0.4 is 10.1 Å². The zero-order valence-corrected chi connectivity index (χ0v) is 11.7. The van der Waals surface area contributed by atoms with Gasteiger partial charge >= 0.3 is 5.69 Å². The highest BCUT2D eigenvalue weighted by atomic mass is 16.6. The van der Waals surface area contributed by atoms with Gasteiger partial charge in [0.25, 0.3) is 5.91 Å². The highest BCUT2D eigenvalue weighted by Crippen LogP contribution is 2.27. The molecule has 0 aliphatic rings. The third-order valence-corrected chi connectivity index (χ3v) is 2.50. The maximum Gasteiger partial charge on any atom is 0.310 e. The van der Waals surface area contributed by atoms with Crippen LogP contribution in [0, 0.1) is 10.1 Å². The second-order valence-corrected chi connectivity index (χ2v) is 4.31. The Hall–Kier alpha value is -2.48. The number of carbonyl (C=O) groups is 2. The molecule has 1 aromatic rings. The number of rotatable bonds is 8. The number of methoxy groups -OCH3 is 1. The molecule has 0 aromatic heterocycles. The topological polar surface area (TPSA) is 108 Å². The number of hydrogen-bond acceptors (Lipinski definition) is 6. The van der Waals surface area contributed by atoms with Crippen LogP contribution in [0.5, 0.6) is 5.75 Å². The van der Waals surface area contributed by atoms with Crippen molar-refractivity contribution in [2.45, 2.75) is 13.0 Å². The van der Waals surface area contributed by atoms with E-state index in [1.165, 1.54) is 19.2 Å². The van der Waals surface area contributed by atoms with Crippen molar-refractivity contribution < 1.29 is 24.0 Å². The fourth-order valence-electron chi connectivity index (χ4n) is 1.62. The third kappa shape index (κ3) is 5.19. The number of hydrogen-bond donors (Lipinski definition) is 1. The molecule has 1 amide bonds. The van der Waals surface area contributed by atoms with Crippen molar-refractivity contribution in [3.05, 3.63) is 33.9 Å². The number of benzene rings is 1. The van der Waals surface area contributed by atoms with Crippen molar-refractivity contribution in [3.63, 3.8) is 0 Å². The largest absolute Gasteiger partial charge is 0.477 e. The molecular formula is C13H16N2O6. The molecule has 0 saturated carbocycles. The van der Waals surface area contributed by atoms with Gasteiger partial charge in [-0.15, -0.1) is 0 Å². The van der Waals surface area contributed by atoms with Crippen LogP contribution in [0.4, 0.5) is 5.69 Å². The van der Waals surface area contributed by atoms with E-state index < -0.39 is 17.4 Å².